The number of carbonyl (C=O) groups is 1. The summed E-state index contributed by atoms with van der Waals surface area (Å²) >= 11 is 0. The molecule has 0 saturated carbocycles. The number of aromatic nitrogens is 3. The van der Waals surface area contributed by atoms with Crippen LogP contribution in [-0.4, -0.2) is 25.8 Å². The van der Waals surface area contributed by atoms with Gasteiger partial charge in [-0.3, -0.25) is 0 Å². The predicted octanol–water partition coefficient (Wildman–Crippen LogP) is 4.85. The zero-order valence-corrected chi connectivity index (χ0v) is 17.6. The van der Waals surface area contributed by atoms with E-state index in [1.807, 2.05) is 59.3 Å². The van der Waals surface area contributed by atoms with Crippen molar-refractivity contribution in [3.8, 4) is 23.5 Å². The third-order valence-electron chi connectivity index (χ3n) is 5.25. The van der Waals surface area contributed by atoms with Crippen LogP contribution >= 0.6 is 0 Å². The molecule has 0 aliphatic rings. The molecule has 0 radical (unpaired) electrons. The summed E-state index contributed by atoms with van der Waals surface area (Å²) in [6, 6.07) is 25.1. The lowest BCUT2D eigenvalue weighted by Crippen LogP contribution is -2.06. The average molecular weight is 422 g/mol. The van der Waals surface area contributed by atoms with Crippen LogP contribution in [0.3, 0.4) is 0 Å². The number of hydrogen-bond donors (Lipinski definition) is 1. The van der Waals surface area contributed by atoms with Gasteiger partial charge in [0.25, 0.3) is 0 Å². The summed E-state index contributed by atoms with van der Waals surface area (Å²) in [6.45, 7) is 0.623. The minimum absolute atomic E-state index is 0.292. The van der Waals surface area contributed by atoms with Crippen LogP contribution < -0.4 is 0 Å². The van der Waals surface area contributed by atoms with Gasteiger partial charge >= 0.3 is 5.97 Å². The van der Waals surface area contributed by atoms with Crippen molar-refractivity contribution in [3.63, 3.8) is 0 Å². The van der Waals surface area contributed by atoms with Crippen LogP contribution in [0, 0.1) is 12.3 Å². The Morgan fingerprint density at radius 1 is 0.906 bits per heavy atom. The lowest BCUT2D eigenvalue weighted by Gasteiger charge is -2.08. The molecule has 0 saturated heterocycles. The number of terminal acetylenes is 1. The van der Waals surface area contributed by atoms with E-state index in [4.69, 9.17) is 11.4 Å². The molecule has 5 heteroatoms. The molecular weight excluding hydrogens is 398 g/mol. The normalized spacial score (nSPS) is 10.6. The van der Waals surface area contributed by atoms with Gasteiger partial charge in [-0.2, -0.15) is 5.10 Å². The summed E-state index contributed by atoms with van der Waals surface area (Å²) < 4.78 is 1.89. The third-order valence-corrected chi connectivity index (χ3v) is 5.25. The lowest BCUT2D eigenvalue weighted by molar-refractivity contribution is 0.0697. The molecule has 0 aliphatic heterocycles. The van der Waals surface area contributed by atoms with E-state index >= 15 is 0 Å². The van der Waals surface area contributed by atoms with E-state index in [9.17, 15) is 9.90 Å². The summed E-state index contributed by atoms with van der Waals surface area (Å²) in [5, 5.41) is 14.1. The number of aryl methyl sites for hydroxylation is 1. The second-order valence-corrected chi connectivity index (χ2v) is 7.51. The summed E-state index contributed by atoms with van der Waals surface area (Å²) in [7, 11) is 0. The Morgan fingerprint density at radius 2 is 1.59 bits per heavy atom. The molecule has 1 aromatic heterocycles. The van der Waals surface area contributed by atoms with Crippen molar-refractivity contribution in [2.24, 2.45) is 0 Å². The van der Waals surface area contributed by atoms with Crippen LogP contribution in [0.25, 0.3) is 11.1 Å². The summed E-state index contributed by atoms with van der Waals surface area (Å²) in [4.78, 5) is 16.3. The SMILES string of the molecule is C#CCCn1nc(Cc2ccccc2)nc1Cc1ccc(-c2ccccc2C(=O)O)cc1. The van der Waals surface area contributed by atoms with Crippen molar-refractivity contribution in [2.75, 3.05) is 0 Å². The molecule has 0 bridgehead atoms. The molecule has 1 N–H and O–H groups in total. The zero-order valence-electron chi connectivity index (χ0n) is 17.6. The number of carboxylic acid groups (broad SMARTS) is 1. The maximum absolute atomic E-state index is 11.5. The Kier molecular flexibility index (Phi) is 6.43. The van der Waals surface area contributed by atoms with E-state index < -0.39 is 5.97 Å². The highest BCUT2D eigenvalue weighted by Crippen LogP contribution is 2.24. The second-order valence-electron chi connectivity index (χ2n) is 7.51. The Hall–Kier alpha value is -4.17. The van der Waals surface area contributed by atoms with Crippen molar-refractivity contribution in [1.82, 2.24) is 14.8 Å². The maximum Gasteiger partial charge on any atom is 0.336 e. The van der Waals surface area contributed by atoms with Crippen LogP contribution in [0.15, 0.2) is 78.9 Å². The summed E-state index contributed by atoms with van der Waals surface area (Å²) in [5.41, 5.74) is 4.09. The van der Waals surface area contributed by atoms with E-state index in [0.717, 1.165) is 28.3 Å². The molecule has 5 nitrogen and oxygen atoms in total. The number of rotatable bonds is 8. The Balaban J connectivity index is 1.57. The number of hydrogen-bond acceptors (Lipinski definition) is 3. The fraction of sp³-hybridized carbons (Fsp3) is 0.148. The van der Waals surface area contributed by atoms with Crippen LogP contribution in [-0.2, 0) is 19.4 Å². The average Bonchev–Trinajstić information content (AvgIpc) is 3.19. The molecule has 0 amide bonds. The Labute approximate surface area is 187 Å². The van der Waals surface area contributed by atoms with E-state index in [0.29, 0.717) is 36.9 Å². The maximum atomic E-state index is 11.5. The van der Waals surface area contributed by atoms with Crippen molar-refractivity contribution in [2.45, 2.75) is 25.8 Å². The van der Waals surface area contributed by atoms with Gasteiger partial charge in [0, 0.05) is 19.3 Å². The second kappa shape index (κ2) is 9.76. The lowest BCUT2D eigenvalue weighted by atomic mass is 9.98. The standard InChI is InChI=1S/C27H23N3O2/c1-2-3-17-30-26(28-25(29-30)18-20-9-5-4-6-10-20)19-21-13-15-22(16-14-21)23-11-7-8-12-24(23)27(31)32/h1,4-16H,3,17-19H2,(H,31,32). The van der Waals surface area contributed by atoms with Gasteiger partial charge in [0.2, 0.25) is 0 Å². The smallest absolute Gasteiger partial charge is 0.336 e. The molecule has 4 aromatic rings. The first-order valence-electron chi connectivity index (χ1n) is 10.5. The number of nitrogens with zero attached hydrogens (tertiary/aromatic N) is 3. The van der Waals surface area contributed by atoms with Gasteiger partial charge in [-0.15, -0.1) is 12.3 Å². The molecule has 0 fully saturated rings. The largest absolute Gasteiger partial charge is 0.478 e. The van der Waals surface area contributed by atoms with Gasteiger partial charge < -0.3 is 5.11 Å². The predicted molar refractivity (Wildman–Crippen MR) is 124 cm³/mol. The van der Waals surface area contributed by atoms with E-state index in [1.165, 1.54) is 0 Å². The van der Waals surface area contributed by atoms with Gasteiger partial charge in [0.1, 0.15) is 5.82 Å². The van der Waals surface area contributed by atoms with Crippen molar-refractivity contribution in [3.05, 3.63) is 107 Å². The monoisotopic (exact) mass is 421 g/mol. The van der Waals surface area contributed by atoms with Crippen LogP contribution in [0.1, 0.15) is 39.6 Å². The molecule has 4 rings (SSSR count). The summed E-state index contributed by atoms with van der Waals surface area (Å²) in [5.74, 6) is 3.38. The fourth-order valence-electron chi connectivity index (χ4n) is 3.67. The van der Waals surface area contributed by atoms with Crippen molar-refractivity contribution < 1.29 is 9.90 Å². The van der Waals surface area contributed by atoms with E-state index in [2.05, 4.69) is 23.2 Å². The highest BCUT2D eigenvalue weighted by molar-refractivity contribution is 5.95. The van der Waals surface area contributed by atoms with Gasteiger partial charge in [0.15, 0.2) is 5.82 Å². The fourth-order valence-corrected chi connectivity index (χ4v) is 3.67. The zero-order chi connectivity index (χ0) is 22.3. The highest BCUT2D eigenvalue weighted by Gasteiger charge is 2.13. The first kappa shape index (κ1) is 21.1. The molecule has 0 atom stereocenters. The van der Waals surface area contributed by atoms with Gasteiger partial charge in [-0.1, -0.05) is 72.8 Å². The van der Waals surface area contributed by atoms with Gasteiger partial charge in [-0.05, 0) is 28.3 Å². The molecule has 0 unspecified atom stereocenters. The first-order chi connectivity index (χ1) is 15.6. The van der Waals surface area contributed by atoms with Crippen molar-refractivity contribution in [1.29, 1.82) is 0 Å². The molecular formula is C27H23N3O2. The quantitative estimate of drug-likeness (QED) is 0.413. The molecule has 0 spiro atoms. The number of carboxylic acids is 1. The molecule has 0 aliphatic carbocycles. The molecule has 3 aromatic carbocycles. The minimum Gasteiger partial charge on any atom is -0.478 e. The minimum atomic E-state index is -0.933. The van der Waals surface area contributed by atoms with Crippen molar-refractivity contribution >= 4 is 5.97 Å². The van der Waals surface area contributed by atoms with Crippen LogP contribution in [0.4, 0.5) is 0 Å². The number of benzene rings is 3. The molecule has 158 valence electrons. The third kappa shape index (κ3) is 4.93. The van der Waals surface area contributed by atoms with Crippen LogP contribution in [0.2, 0.25) is 0 Å². The number of aromatic carboxylic acids is 1. The molecule has 1 heterocycles. The summed E-state index contributed by atoms with van der Waals surface area (Å²) in [6.07, 6.45) is 7.34. The van der Waals surface area contributed by atoms with Gasteiger partial charge in [0.05, 0.1) is 12.1 Å². The van der Waals surface area contributed by atoms with E-state index in [-0.39, 0.29) is 0 Å². The Morgan fingerprint density at radius 3 is 2.31 bits per heavy atom. The van der Waals surface area contributed by atoms with E-state index in [1.54, 1.807) is 12.1 Å². The highest BCUT2D eigenvalue weighted by atomic mass is 16.4. The van der Waals surface area contributed by atoms with Gasteiger partial charge in [-0.25, -0.2) is 14.5 Å². The first-order valence-corrected chi connectivity index (χ1v) is 10.5. The Bertz CT molecular complexity index is 1250. The van der Waals surface area contributed by atoms with Crippen LogP contribution in [0.5, 0.6) is 0 Å². The molecule has 32 heavy (non-hydrogen) atoms. The topological polar surface area (TPSA) is 68.0 Å².